The number of ether oxygens (including phenoxy) is 1. The summed E-state index contributed by atoms with van der Waals surface area (Å²) in [7, 11) is 0. The van der Waals surface area contributed by atoms with Gasteiger partial charge in [-0.3, -0.25) is 4.90 Å². The van der Waals surface area contributed by atoms with Gasteiger partial charge < -0.3 is 25.4 Å². The number of phenols is 1. The molecule has 10 heteroatoms. The van der Waals surface area contributed by atoms with Gasteiger partial charge >= 0.3 is 11.9 Å². The first-order chi connectivity index (χ1) is 14.2. The lowest BCUT2D eigenvalue weighted by atomic mass is 10.2. The van der Waals surface area contributed by atoms with Crippen molar-refractivity contribution >= 4 is 40.8 Å². The molecule has 0 saturated carbocycles. The van der Waals surface area contributed by atoms with Gasteiger partial charge in [-0.05, 0) is 29.8 Å². The van der Waals surface area contributed by atoms with E-state index in [4.69, 9.17) is 47.7 Å². The number of carbonyl (C=O) groups is 2. The number of anilines is 1. The zero-order valence-corrected chi connectivity index (χ0v) is 17.4. The van der Waals surface area contributed by atoms with Crippen molar-refractivity contribution in [1.29, 1.82) is 0 Å². The fraction of sp³-hybridized carbons (Fsp3) is 0.300. The van der Waals surface area contributed by atoms with Gasteiger partial charge in [-0.25, -0.2) is 9.59 Å². The molecule has 1 atom stereocenters. The van der Waals surface area contributed by atoms with Gasteiger partial charge in [0.1, 0.15) is 5.75 Å². The molecule has 1 unspecified atom stereocenters. The Labute approximate surface area is 183 Å². The molecule has 1 fully saturated rings. The monoisotopic (exact) mass is 456 g/mol. The maximum absolute atomic E-state index is 9.88. The number of carboxylic acids is 2. The van der Waals surface area contributed by atoms with Crippen LogP contribution in [0.25, 0.3) is 0 Å². The summed E-state index contributed by atoms with van der Waals surface area (Å²) in [4.78, 5) is 20.6. The third kappa shape index (κ3) is 8.08. The summed E-state index contributed by atoms with van der Waals surface area (Å²) >= 11 is 11.8. The van der Waals surface area contributed by atoms with E-state index < -0.39 is 11.9 Å². The van der Waals surface area contributed by atoms with Crippen molar-refractivity contribution in [2.24, 2.45) is 0 Å². The first kappa shape index (κ1) is 23.8. The number of benzene rings is 2. The molecule has 2 aromatic rings. The van der Waals surface area contributed by atoms with Crippen molar-refractivity contribution in [1.82, 2.24) is 4.90 Å². The number of halogens is 2. The van der Waals surface area contributed by atoms with Crippen molar-refractivity contribution in [3.05, 3.63) is 58.1 Å². The predicted molar refractivity (Wildman–Crippen MR) is 113 cm³/mol. The number of aromatic hydroxyl groups is 1. The van der Waals surface area contributed by atoms with E-state index in [0.29, 0.717) is 23.9 Å². The third-order valence-corrected chi connectivity index (χ3v) is 4.69. The van der Waals surface area contributed by atoms with E-state index in [1.165, 1.54) is 11.6 Å². The summed E-state index contributed by atoms with van der Waals surface area (Å²) in [5.41, 5.74) is 1.90. The van der Waals surface area contributed by atoms with Gasteiger partial charge in [0, 0.05) is 42.3 Å². The smallest absolute Gasteiger partial charge is 0.414 e. The molecule has 0 amide bonds. The fourth-order valence-electron chi connectivity index (χ4n) is 2.77. The summed E-state index contributed by atoms with van der Waals surface area (Å²) in [6, 6.07) is 13.0. The Bertz CT molecular complexity index is 851. The normalized spacial score (nSPS) is 16.3. The Morgan fingerprint density at radius 3 is 2.30 bits per heavy atom. The number of morpholine rings is 1. The lowest BCUT2D eigenvalue weighted by Gasteiger charge is -2.33. The molecule has 2 aromatic carbocycles. The molecule has 0 aliphatic carbocycles. The SMILES string of the molecule is O=C(O)C(=O)O.Oc1cc(Cl)ccc1NCC1CN(Cc2ccc(Cl)cc2)CCO1. The number of carboxylic acid groups (broad SMARTS) is 2. The standard InChI is InChI=1S/C18H20Cl2N2O2.C2H2O4/c19-14-3-1-13(2-4-14)11-22-7-8-24-16(12-22)10-21-17-6-5-15(20)9-18(17)23;3-1(4)2(5)6/h1-6,9,16,21,23H,7-8,10-12H2;(H,3,4)(H,5,6). The highest BCUT2D eigenvalue weighted by Gasteiger charge is 2.20. The van der Waals surface area contributed by atoms with Crippen LogP contribution < -0.4 is 5.32 Å². The topological polar surface area (TPSA) is 119 Å². The predicted octanol–water partition coefficient (Wildman–Crippen LogP) is 3.17. The van der Waals surface area contributed by atoms with Crippen LogP contribution in [0.5, 0.6) is 5.75 Å². The average Bonchev–Trinajstić information content (AvgIpc) is 2.70. The van der Waals surface area contributed by atoms with Crippen molar-refractivity contribution in [3.63, 3.8) is 0 Å². The van der Waals surface area contributed by atoms with E-state index in [9.17, 15) is 5.11 Å². The Hall–Kier alpha value is -2.52. The highest BCUT2D eigenvalue weighted by Crippen LogP contribution is 2.26. The van der Waals surface area contributed by atoms with Crippen LogP contribution in [0.4, 0.5) is 5.69 Å². The minimum atomic E-state index is -1.82. The van der Waals surface area contributed by atoms with Crippen molar-refractivity contribution in [2.75, 3.05) is 31.6 Å². The molecule has 0 spiro atoms. The summed E-state index contributed by atoms with van der Waals surface area (Å²) in [5, 5.41) is 29.2. The number of nitrogens with zero attached hydrogens (tertiary/aromatic N) is 1. The Morgan fingerprint density at radius 2 is 1.70 bits per heavy atom. The highest BCUT2D eigenvalue weighted by atomic mass is 35.5. The number of phenolic OH excluding ortho intramolecular Hbond substituents is 1. The maximum atomic E-state index is 9.88. The molecule has 162 valence electrons. The number of hydrogen-bond acceptors (Lipinski definition) is 6. The average molecular weight is 457 g/mol. The van der Waals surface area contributed by atoms with Gasteiger partial charge in [0.2, 0.25) is 0 Å². The minimum Gasteiger partial charge on any atom is -0.506 e. The zero-order chi connectivity index (χ0) is 22.1. The van der Waals surface area contributed by atoms with Crippen molar-refractivity contribution in [2.45, 2.75) is 12.6 Å². The van der Waals surface area contributed by atoms with Crippen LogP contribution in [-0.2, 0) is 20.9 Å². The number of rotatable bonds is 5. The van der Waals surface area contributed by atoms with Crippen LogP contribution >= 0.6 is 23.2 Å². The zero-order valence-electron chi connectivity index (χ0n) is 15.9. The molecular weight excluding hydrogens is 435 g/mol. The second kappa shape index (κ2) is 11.6. The lowest BCUT2D eigenvalue weighted by Crippen LogP contribution is -2.44. The van der Waals surface area contributed by atoms with Crippen molar-refractivity contribution < 1.29 is 29.6 Å². The number of nitrogens with one attached hydrogen (secondary N) is 1. The van der Waals surface area contributed by atoms with Crippen LogP contribution in [0.2, 0.25) is 10.0 Å². The number of hydrogen-bond donors (Lipinski definition) is 4. The van der Waals surface area contributed by atoms with Gasteiger partial charge in [-0.15, -0.1) is 0 Å². The molecule has 1 heterocycles. The third-order valence-electron chi connectivity index (χ3n) is 4.21. The molecule has 0 bridgehead atoms. The molecule has 0 radical (unpaired) electrons. The molecule has 1 saturated heterocycles. The molecule has 3 rings (SSSR count). The molecule has 4 N–H and O–H groups in total. The van der Waals surface area contributed by atoms with E-state index in [1.54, 1.807) is 12.1 Å². The maximum Gasteiger partial charge on any atom is 0.414 e. The quantitative estimate of drug-likeness (QED) is 0.400. The van der Waals surface area contributed by atoms with E-state index in [2.05, 4.69) is 22.3 Å². The van der Waals surface area contributed by atoms with Crippen LogP contribution in [0.3, 0.4) is 0 Å². The van der Waals surface area contributed by atoms with Crippen molar-refractivity contribution in [3.8, 4) is 5.75 Å². The molecule has 30 heavy (non-hydrogen) atoms. The molecule has 1 aliphatic heterocycles. The highest BCUT2D eigenvalue weighted by molar-refractivity contribution is 6.31. The first-order valence-electron chi connectivity index (χ1n) is 9.01. The van der Waals surface area contributed by atoms with Gasteiger partial charge in [0.05, 0.1) is 18.4 Å². The second-order valence-electron chi connectivity index (χ2n) is 6.51. The van der Waals surface area contributed by atoms with E-state index in [1.807, 2.05) is 12.1 Å². The Morgan fingerprint density at radius 1 is 1.07 bits per heavy atom. The van der Waals surface area contributed by atoms with Gasteiger partial charge in [-0.2, -0.15) is 0 Å². The first-order valence-corrected chi connectivity index (χ1v) is 9.77. The van der Waals surface area contributed by atoms with E-state index in [-0.39, 0.29) is 11.9 Å². The molecule has 0 aromatic heterocycles. The van der Waals surface area contributed by atoms with E-state index in [0.717, 1.165) is 24.7 Å². The van der Waals surface area contributed by atoms with Crippen LogP contribution in [-0.4, -0.2) is 64.5 Å². The van der Waals surface area contributed by atoms with Crippen LogP contribution in [0, 0.1) is 0 Å². The lowest BCUT2D eigenvalue weighted by molar-refractivity contribution is -0.159. The second-order valence-corrected chi connectivity index (χ2v) is 7.38. The minimum absolute atomic E-state index is 0.0705. The summed E-state index contributed by atoms with van der Waals surface area (Å²) in [6.45, 7) is 3.96. The fourth-order valence-corrected chi connectivity index (χ4v) is 3.07. The van der Waals surface area contributed by atoms with Gasteiger partial charge in [0.25, 0.3) is 0 Å². The summed E-state index contributed by atoms with van der Waals surface area (Å²) in [6.07, 6.45) is 0.0705. The molecular formula is C20H22Cl2N2O6. The van der Waals surface area contributed by atoms with Gasteiger partial charge in [-0.1, -0.05) is 35.3 Å². The van der Waals surface area contributed by atoms with Crippen LogP contribution in [0.15, 0.2) is 42.5 Å². The van der Waals surface area contributed by atoms with Crippen LogP contribution in [0.1, 0.15) is 5.56 Å². The Kier molecular flexibility index (Phi) is 9.19. The van der Waals surface area contributed by atoms with Gasteiger partial charge in [0.15, 0.2) is 0 Å². The Balaban J connectivity index is 0.000000469. The number of aliphatic carboxylic acids is 2. The molecule has 1 aliphatic rings. The summed E-state index contributed by atoms with van der Waals surface area (Å²) in [5.74, 6) is -3.50. The summed E-state index contributed by atoms with van der Waals surface area (Å²) < 4.78 is 5.82. The van der Waals surface area contributed by atoms with E-state index >= 15 is 0 Å². The molecule has 8 nitrogen and oxygen atoms in total. The largest absolute Gasteiger partial charge is 0.506 e.